The summed E-state index contributed by atoms with van der Waals surface area (Å²) in [5.41, 5.74) is 0.406. The number of hydrogen-bond donors (Lipinski definition) is 1. The van der Waals surface area contributed by atoms with Gasteiger partial charge in [-0.05, 0) is 43.5 Å². The Balaban J connectivity index is 1.96. The average Bonchev–Trinajstić information content (AvgIpc) is 2.38. The van der Waals surface area contributed by atoms with Crippen LogP contribution in [-0.2, 0) is 0 Å². The van der Waals surface area contributed by atoms with Crippen LogP contribution >= 0.6 is 11.6 Å². The van der Waals surface area contributed by atoms with Gasteiger partial charge >= 0.3 is 6.18 Å². The summed E-state index contributed by atoms with van der Waals surface area (Å²) in [4.78, 5) is 11.9. The number of benzene rings is 1. The van der Waals surface area contributed by atoms with Crippen LogP contribution in [0, 0.1) is 5.92 Å². The number of hydrogen-bond acceptors (Lipinski definition) is 1. The van der Waals surface area contributed by atoms with Crippen molar-refractivity contribution in [2.75, 3.05) is 0 Å². The molecule has 1 aliphatic rings. The van der Waals surface area contributed by atoms with Crippen molar-refractivity contribution in [1.29, 1.82) is 0 Å². The highest BCUT2D eigenvalue weighted by molar-refractivity contribution is 6.30. The van der Waals surface area contributed by atoms with Crippen LogP contribution in [0.2, 0.25) is 5.02 Å². The average molecular weight is 306 g/mol. The van der Waals surface area contributed by atoms with E-state index in [9.17, 15) is 18.0 Å². The van der Waals surface area contributed by atoms with Gasteiger partial charge in [0.25, 0.3) is 5.91 Å². The molecule has 0 heterocycles. The van der Waals surface area contributed by atoms with Gasteiger partial charge in [-0.1, -0.05) is 18.0 Å². The molecule has 2 rings (SSSR count). The van der Waals surface area contributed by atoms with E-state index in [1.54, 1.807) is 24.3 Å². The molecule has 1 amide bonds. The van der Waals surface area contributed by atoms with E-state index in [2.05, 4.69) is 5.32 Å². The summed E-state index contributed by atoms with van der Waals surface area (Å²) in [5, 5.41) is 3.19. The number of halogens is 4. The van der Waals surface area contributed by atoms with Gasteiger partial charge in [-0.2, -0.15) is 13.2 Å². The maximum absolute atomic E-state index is 12.7. The summed E-state index contributed by atoms with van der Waals surface area (Å²) >= 11 is 5.72. The van der Waals surface area contributed by atoms with Gasteiger partial charge in [0.1, 0.15) is 0 Å². The minimum atomic E-state index is -4.18. The molecule has 2 unspecified atom stereocenters. The molecule has 2 nitrogen and oxygen atoms in total. The lowest BCUT2D eigenvalue weighted by Gasteiger charge is -2.31. The zero-order chi connectivity index (χ0) is 14.8. The van der Waals surface area contributed by atoms with Gasteiger partial charge in [0.15, 0.2) is 0 Å². The van der Waals surface area contributed by atoms with E-state index in [0.717, 1.165) is 0 Å². The Kier molecular flexibility index (Phi) is 4.58. The van der Waals surface area contributed by atoms with Gasteiger partial charge in [0, 0.05) is 16.6 Å². The third-order valence-corrected chi connectivity index (χ3v) is 3.83. The number of amides is 1. The first-order valence-electron chi connectivity index (χ1n) is 6.49. The summed E-state index contributed by atoms with van der Waals surface area (Å²) in [6, 6.07) is 5.85. The molecule has 0 aromatic heterocycles. The van der Waals surface area contributed by atoms with Crippen LogP contribution in [0.15, 0.2) is 24.3 Å². The number of carbonyl (C=O) groups excluding carboxylic acids is 1. The Bertz CT molecular complexity index is 472. The summed E-state index contributed by atoms with van der Waals surface area (Å²) < 4.78 is 38.1. The van der Waals surface area contributed by atoms with Crippen LogP contribution in [0.25, 0.3) is 0 Å². The fourth-order valence-electron chi connectivity index (χ4n) is 2.49. The predicted octanol–water partition coefficient (Wildman–Crippen LogP) is 4.19. The van der Waals surface area contributed by atoms with Gasteiger partial charge in [-0.25, -0.2) is 0 Å². The highest BCUT2D eigenvalue weighted by Crippen LogP contribution is 2.37. The first-order valence-corrected chi connectivity index (χ1v) is 6.87. The molecular weight excluding hydrogens is 291 g/mol. The predicted molar refractivity (Wildman–Crippen MR) is 70.7 cm³/mol. The van der Waals surface area contributed by atoms with Crippen molar-refractivity contribution in [3.05, 3.63) is 34.9 Å². The molecule has 1 aromatic carbocycles. The topological polar surface area (TPSA) is 29.1 Å². The smallest absolute Gasteiger partial charge is 0.349 e. The molecule has 2 atom stereocenters. The third-order valence-electron chi connectivity index (χ3n) is 3.58. The molecule has 1 aromatic rings. The second-order valence-corrected chi connectivity index (χ2v) is 5.52. The largest absolute Gasteiger partial charge is 0.391 e. The van der Waals surface area contributed by atoms with E-state index in [4.69, 9.17) is 11.6 Å². The molecule has 0 bridgehead atoms. The van der Waals surface area contributed by atoms with Crippen molar-refractivity contribution < 1.29 is 18.0 Å². The van der Waals surface area contributed by atoms with Crippen molar-refractivity contribution in [3.63, 3.8) is 0 Å². The first kappa shape index (κ1) is 15.2. The lowest BCUT2D eigenvalue weighted by atomic mass is 9.85. The van der Waals surface area contributed by atoms with E-state index in [1.807, 2.05) is 0 Å². The molecular formula is C14H15ClF3NO. The van der Waals surface area contributed by atoms with Gasteiger partial charge in [-0.15, -0.1) is 0 Å². The van der Waals surface area contributed by atoms with Crippen molar-refractivity contribution in [2.24, 2.45) is 5.92 Å². The molecule has 20 heavy (non-hydrogen) atoms. The number of nitrogens with one attached hydrogen (secondary N) is 1. The lowest BCUT2D eigenvalue weighted by molar-refractivity contribution is -0.183. The lowest BCUT2D eigenvalue weighted by Crippen LogP contribution is -2.41. The van der Waals surface area contributed by atoms with E-state index < -0.39 is 18.1 Å². The molecule has 6 heteroatoms. The second kappa shape index (κ2) is 6.04. The highest BCUT2D eigenvalue weighted by Gasteiger charge is 2.42. The minimum Gasteiger partial charge on any atom is -0.349 e. The Morgan fingerprint density at radius 1 is 1.20 bits per heavy atom. The van der Waals surface area contributed by atoms with Gasteiger partial charge in [0.05, 0.1) is 5.92 Å². The van der Waals surface area contributed by atoms with Crippen LogP contribution in [0.5, 0.6) is 0 Å². The first-order chi connectivity index (χ1) is 9.36. The second-order valence-electron chi connectivity index (χ2n) is 5.08. The monoisotopic (exact) mass is 305 g/mol. The number of rotatable bonds is 2. The van der Waals surface area contributed by atoms with Crippen LogP contribution in [0.3, 0.4) is 0 Å². The highest BCUT2D eigenvalue weighted by atomic mass is 35.5. The molecule has 0 radical (unpaired) electrons. The SMILES string of the molecule is O=C(NC1CCCC(C(F)(F)F)C1)c1ccc(Cl)cc1. The standard InChI is InChI=1S/C14H15ClF3NO/c15-11-6-4-9(5-7-11)13(20)19-12-3-1-2-10(8-12)14(16,17)18/h4-7,10,12H,1-3,8H2,(H,19,20). The number of alkyl halides is 3. The van der Waals surface area contributed by atoms with Gasteiger partial charge in [0.2, 0.25) is 0 Å². The maximum atomic E-state index is 12.7. The molecule has 1 saturated carbocycles. The Morgan fingerprint density at radius 3 is 2.45 bits per heavy atom. The molecule has 110 valence electrons. The summed E-state index contributed by atoms with van der Waals surface area (Å²) in [5.74, 6) is -1.67. The van der Waals surface area contributed by atoms with E-state index in [0.29, 0.717) is 23.4 Å². The molecule has 0 saturated heterocycles. The molecule has 1 aliphatic carbocycles. The minimum absolute atomic E-state index is 0.0389. The van der Waals surface area contributed by atoms with Crippen molar-refractivity contribution in [3.8, 4) is 0 Å². The van der Waals surface area contributed by atoms with Crippen LogP contribution in [-0.4, -0.2) is 18.1 Å². The van der Waals surface area contributed by atoms with E-state index >= 15 is 0 Å². The molecule has 0 spiro atoms. The van der Waals surface area contributed by atoms with Crippen LogP contribution in [0.4, 0.5) is 13.2 Å². The molecule has 1 N–H and O–H groups in total. The fraction of sp³-hybridized carbons (Fsp3) is 0.500. The van der Waals surface area contributed by atoms with Crippen molar-refractivity contribution >= 4 is 17.5 Å². The zero-order valence-corrected chi connectivity index (χ0v) is 11.5. The zero-order valence-electron chi connectivity index (χ0n) is 10.7. The molecule has 1 fully saturated rings. The third kappa shape index (κ3) is 3.88. The molecule has 0 aliphatic heterocycles. The maximum Gasteiger partial charge on any atom is 0.391 e. The Morgan fingerprint density at radius 2 is 1.85 bits per heavy atom. The summed E-state index contributed by atoms with van der Waals surface area (Å²) in [6.45, 7) is 0. The Hall–Kier alpha value is -1.23. The van der Waals surface area contributed by atoms with Crippen LogP contribution < -0.4 is 5.32 Å². The van der Waals surface area contributed by atoms with E-state index in [1.165, 1.54) is 0 Å². The summed E-state index contributed by atoms with van der Waals surface area (Å²) in [6.07, 6.45) is -3.00. The fourth-order valence-corrected chi connectivity index (χ4v) is 2.61. The quantitative estimate of drug-likeness (QED) is 0.872. The summed E-state index contributed by atoms with van der Waals surface area (Å²) in [7, 11) is 0. The van der Waals surface area contributed by atoms with Crippen molar-refractivity contribution in [2.45, 2.75) is 37.9 Å². The van der Waals surface area contributed by atoms with Gasteiger partial charge in [-0.3, -0.25) is 4.79 Å². The van der Waals surface area contributed by atoms with Gasteiger partial charge < -0.3 is 5.32 Å². The van der Waals surface area contributed by atoms with Crippen LogP contribution in [0.1, 0.15) is 36.0 Å². The van der Waals surface area contributed by atoms with Crippen molar-refractivity contribution in [1.82, 2.24) is 5.32 Å². The normalized spacial score (nSPS) is 23.4. The number of carbonyl (C=O) groups is 1. The van der Waals surface area contributed by atoms with E-state index in [-0.39, 0.29) is 18.7 Å². The Labute approximate surface area is 120 Å².